The lowest BCUT2D eigenvalue weighted by atomic mass is 10.1. The van der Waals surface area contributed by atoms with Crippen molar-refractivity contribution in [2.24, 2.45) is 0 Å². The third kappa shape index (κ3) is 5.65. The first-order valence-electron chi connectivity index (χ1n) is 9.95. The smallest absolute Gasteiger partial charge is 0.192 e. The summed E-state index contributed by atoms with van der Waals surface area (Å²) in [6, 6.07) is 6.69. The lowest BCUT2D eigenvalue weighted by Crippen LogP contribution is -2.40. The minimum atomic E-state index is -1.87. The van der Waals surface area contributed by atoms with Gasteiger partial charge in [0.25, 0.3) is 0 Å². The summed E-state index contributed by atoms with van der Waals surface area (Å²) in [6.45, 7) is 11.4. The van der Waals surface area contributed by atoms with Gasteiger partial charge in [0.2, 0.25) is 0 Å². The molecule has 0 saturated carbocycles. The van der Waals surface area contributed by atoms with E-state index in [4.69, 9.17) is 4.43 Å². The van der Waals surface area contributed by atoms with Crippen molar-refractivity contribution in [3.05, 3.63) is 58.7 Å². The number of nitrogens with one attached hydrogen (secondary N) is 1. The Kier molecular flexibility index (Phi) is 8.21. The van der Waals surface area contributed by atoms with Crippen molar-refractivity contribution < 1.29 is 13.2 Å². The molecule has 0 aliphatic rings. The fourth-order valence-corrected chi connectivity index (χ4v) is 6.44. The summed E-state index contributed by atoms with van der Waals surface area (Å²) in [5.74, 6) is -1.13. The predicted octanol–water partition coefficient (Wildman–Crippen LogP) is 5.22. The molecule has 0 bridgehead atoms. The molecule has 28 heavy (non-hydrogen) atoms. The largest absolute Gasteiger partial charge is 0.409 e. The van der Waals surface area contributed by atoms with E-state index < -0.39 is 20.0 Å². The van der Waals surface area contributed by atoms with Crippen molar-refractivity contribution in [2.45, 2.75) is 65.4 Å². The topological polar surface area (TPSA) is 47.0 Å². The molecule has 2 aromatic rings. The fourth-order valence-electron chi connectivity index (χ4n) is 3.63. The Morgan fingerprint density at radius 1 is 0.964 bits per heavy atom. The Bertz CT molecular complexity index is 735. The molecule has 0 radical (unpaired) electrons. The maximum Gasteiger partial charge on any atom is 0.192 e. The lowest BCUT2D eigenvalue weighted by Gasteiger charge is -2.34. The molecule has 0 fully saturated rings. The molecule has 4 nitrogen and oxygen atoms in total. The van der Waals surface area contributed by atoms with E-state index in [-0.39, 0.29) is 6.10 Å². The highest BCUT2D eigenvalue weighted by atomic mass is 28.4. The third-order valence-corrected chi connectivity index (χ3v) is 10.2. The summed E-state index contributed by atoms with van der Waals surface area (Å²) in [7, 11) is -1.87. The van der Waals surface area contributed by atoms with Gasteiger partial charge in [-0.1, -0.05) is 20.8 Å². The van der Waals surface area contributed by atoms with E-state index in [0.29, 0.717) is 18.7 Å². The molecule has 1 aromatic heterocycles. The number of rotatable bonds is 10. The van der Waals surface area contributed by atoms with Crippen LogP contribution in [0.5, 0.6) is 0 Å². The van der Waals surface area contributed by atoms with Crippen molar-refractivity contribution >= 4 is 8.32 Å². The molecule has 1 N–H and O–H groups in total. The Hall–Kier alpha value is -1.70. The Balaban J connectivity index is 2.23. The maximum absolute atomic E-state index is 13.4. The molecule has 1 aromatic carbocycles. The minimum Gasteiger partial charge on any atom is -0.409 e. The van der Waals surface area contributed by atoms with Gasteiger partial charge in [-0.25, -0.2) is 18.7 Å². The summed E-state index contributed by atoms with van der Waals surface area (Å²) < 4.78 is 33.6. The maximum atomic E-state index is 13.4. The van der Waals surface area contributed by atoms with E-state index in [0.717, 1.165) is 41.1 Å². The van der Waals surface area contributed by atoms with Crippen LogP contribution in [-0.2, 0) is 11.0 Å². The number of aromatic nitrogens is 2. The van der Waals surface area contributed by atoms with Crippen LogP contribution in [-0.4, -0.2) is 24.8 Å². The second-order valence-electron chi connectivity index (χ2n) is 7.22. The molecule has 2 rings (SSSR count). The molecule has 1 unspecified atom stereocenters. The fraction of sp³-hybridized carbons (Fsp3) is 0.524. The van der Waals surface area contributed by atoms with Gasteiger partial charge in [0.1, 0.15) is 18.0 Å². The summed E-state index contributed by atoms with van der Waals surface area (Å²) in [6.07, 6.45) is 1.38. The first kappa shape index (κ1) is 22.6. The molecule has 0 aliphatic heterocycles. The molecular weight excluding hydrogens is 376 g/mol. The SMILES string of the molecule is CC[Si](CC)(CC)OC(CNCc1cc(F)cc(F)c1)c1c(C)ncnc1C. The molecule has 0 amide bonds. The third-order valence-electron chi connectivity index (χ3n) is 5.51. The summed E-state index contributed by atoms with van der Waals surface area (Å²) in [5.41, 5.74) is 3.39. The zero-order valence-corrected chi connectivity index (χ0v) is 18.5. The van der Waals surface area contributed by atoms with E-state index in [9.17, 15) is 8.78 Å². The van der Waals surface area contributed by atoms with Crippen molar-refractivity contribution in [1.29, 1.82) is 0 Å². The van der Waals surface area contributed by atoms with Gasteiger partial charge in [-0.3, -0.25) is 0 Å². The van der Waals surface area contributed by atoms with E-state index in [1.807, 2.05) is 13.8 Å². The molecule has 7 heteroatoms. The summed E-state index contributed by atoms with van der Waals surface area (Å²) in [5, 5.41) is 3.31. The number of hydrogen-bond acceptors (Lipinski definition) is 4. The highest BCUT2D eigenvalue weighted by Gasteiger charge is 2.33. The first-order chi connectivity index (χ1) is 13.3. The highest BCUT2D eigenvalue weighted by Crippen LogP contribution is 2.31. The highest BCUT2D eigenvalue weighted by molar-refractivity contribution is 6.73. The number of halogens is 2. The van der Waals surface area contributed by atoms with Gasteiger partial charge >= 0.3 is 0 Å². The van der Waals surface area contributed by atoms with E-state index in [1.165, 1.54) is 12.1 Å². The van der Waals surface area contributed by atoms with Crippen LogP contribution in [0.3, 0.4) is 0 Å². The quantitative estimate of drug-likeness (QED) is 0.548. The van der Waals surface area contributed by atoms with Crippen LogP contribution in [0.4, 0.5) is 8.78 Å². The Labute approximate surface area is 167 Å². The normalized spacial score (nSPS) is 13.0. The Morgan fingerprint density at radius 2 is 1.50 bits per heavy atom. The number of hydrogen-bond donors (Lipinski definition) is 1. The monoisotopic (exact) mass is 407 g/mol. The number of nitrogens with zero attached hydrogens (tertiary/aromatic N) is 2. The molecule has 154 valence electrons. The van der Waals surface area contributed by atoms with Crippen LogP contribution >= 0.6 is 0 Å². The van der Waals surface area contributed by atoms with Crippen LogP contribution in [0, 0.1) is 25.5 Å². The van der Waals surface area contributed by atoms with Gasteiger partial charge in [0, 0.05) is 36.1 Å². The molecule has 0 spiro atoms. The minimum absolute atomic E-state index is 0.189. The van der Waals surface area contributed by atoms with E-state index in [1.54, 1.807) is 6.33 Å². The van der Waals surface area contributed by atoms with Crippen LogP contribution in [0.2, 0.25) is 18.1 Å². The van der Waals surface area contributed by atoms with Gasteiger partial charge < -0.3 is 9.74 Å². The Morgan fingerprint density at radius 3 is 2.00 bits per heavy atom. The van der Waals surface area contributed by atoms with Crippen molar-refractivity contribution in [1.82, 2.24) is 15.3 Å². The zero-order valence-electron chi connectivity index (χ0n) is 17.5. The number of benzene rings is 1. The lowest BCUT2D eigenvalue weighted by molar-refractivity contribution is 0.183. The predicted molar refractivity (Wildman–Crippen MR) is 111 cm³/mol. The summed E-state index contributed by atoms with van der Waals surface area (Å²) >= 11 is 0. The standard InChI is InChI=1S/C21H31F2N3OSi/c1-6-28(7-2,8-3)27-20(21-15(4)25-14-26-16(21)5)13-24-12-17-9-18(22)11-19(23)10-17/h9-11,14,20,24H,6-8,12-13H2,1-5H3. The van der Waals surface area contributed by atoms with Gasteiger partial charge in [-0.15, -0.1) is 0 Å². The summed E-state index contributed by atoms with van der Waals surface area (Å²) in [4.78, 5) is 8.71. The molecule has 1 atom stereocenters. The molecular formula is C21H31F2N3OSi. The second-order valence-corrected chi connectivity index (χ2v) is 11.9. The van der Waals surface area contributed by atoms with Gasteiger partial charge in [0.15, 0.2) is 8.32 Å². The zero-order chi connectivity index (χ0) is 20.7. The molecule has 0 saturated heterocycles. The molecule has 1 heterocycles. The molecule has 0 aliphatic carbocycles. The van der Waals surface area contributed by atoms with Crippen LogP contribution in [0.1, 0.15) is 49.4 Å². The second kappa shape index (κ2) is 10.2. The van der Waals surface area contributed by atoms with Crippen molar-refractivity contribution in [3.63, 3.8) is 0 Å². The average Bonchev–Trinajstić information content (AvgIpc) is 2.65. The van der Waals surface area contributed by atoms with Crippen molar-refractivity contribution in [3.8, 4) is 0 Å². The van der Waals surface area contributed by atoms with E-state index >= 15 is 0 Å². The van der Waals surface area contributed by atoms with Crippen LogP contribution < -0.4 is 5.32 Å². The van der Waals surface area contributed by atoms with Gasteiger partial charge in [-0.2, -0.15) is 0 Å². The van der Waals surface area contributed by atoms with Crippen LogP contribution in [0.15, 0.2) is 24.5 Å². The average molecular weight is 408 g/mol. The first-order valence-corrected chi connectivity index (χ1v) is 12.5. The van der Waals surface area contributed by atoms with Gasteiger partial charge in [-0.05, 0) is 49.7 Å². The van der Waals surface area contributed by atoms with Crippen LogP contribution in [0.25, 0.3) is 0 Å². The van der Waals surface area contributed by atoms with Crippen molar-refractivity contribution in [2.75, 3.05) is 6.54 Å². The number of aryl methyl sites for hydroxylation is 2. The van der Waals surface area contributed by atoms with E-state index in [2.05, 4.69) is 36.1 Å². The van der Waals surface area contributed by atoms with Gasteiger partial charge in [0.05, 0.1) is 6.10 Å².